The molecule has 0 radical (unpaired) electrons. The van der Waals surface area contributed by atoms with Gasteiger partial charge >= 0.3 is 0 Å². The van der Waals surface area contributed by atoms with Gasteiger partial charge in [0.25, 0.3) is 0 Å². The number of methoxy groups -OCH3 is 2. The predicted molar refractivity (Wildman–Crippen MR) is 106 cm³/mol. The maximum atomic E-state index is 5.42. The SMILES string of the molecule is COc1cc2onc(CCCNCCc3ccccc3)c2cc1OC.Cl. The normalized spacial score (nSPS) is 10.5. The van der Waals surface area contributed by atoms with Gasteiger partial charge in [0.05, 0.1) is 19.9 Å². The monoisotopic (exact) mass is 376 g/mol. The number of halogens is 1. The number of fused-ring (bicyclic) bond motifs is 1. The molecule has 0 atom stereocenters. The molecule has 6 heteroatoms. The van der Waals surface area contributed by atoms with Crippen LogP contribution in [0.1, 0.15) is 17.7 Å². The molecular weight excluding hydrogens is 352 g/mol. The minimum absolute atomic E-state index is 0. The molecule has 1 aromatic heterocycles. The third kappa shape index (κ3) is 4.90. The lowest BCUT2D eigenvalue weighted by atomic mass is 10.1. The molecule has 0 fully saturated rings. The van der Waals surface area contributed by atoms with E-state index in [1.165, 1.54) is 5.56 Å². The average Bonchev–Trinajstić information content (AvgIpc) is 3.06. The van der Waals surface area contributed by atoms with Gasteiger partial charge in [0, 0.05) is 11.5 Å². The minimum Gasteiger partial charge on any atom is -0.493 e. The van der Waals surface area contributed by atoms with Gasteiger partial charge in [-0.2, -0.15) is 0 Å². The van der Waals surface area contributed by atoms with Crippen molar-refractivity contribution in [1.82, 2.24) is 10.5 Å². The predicted octanol–water partition coefficient (Wildman–Crippen LogP) is 4.03. The number of ether oxygens (including phenoxy) is 2. The summed E-state index contributed by atoms with van der Waals surface area (Å²) in [6.07, 6.45) is 2.91. The molecule has 26 heavy (non-hydrogen) atoms. The van der Waals surface area contributed by atoms with Crippen molar-refractivity contribution in [1.29, 1.82) is 0 Å². The van der Waals surface area contributed by atoms with Gasteiger partial charge in [-0.15, -0.1) is 12.4 Å². The van der Waals surface area contributed by atoms with Crippen molar-refractivity contribution in [2.24, 2.45) is 0 Å². The van der Waals surface area contributed by atoms with Crippen molar-refractivity contribution in [3.05, 3.63) is 53.7 Å². The van der Waals surface area contributed by atoms with Crippen molar-refractivity contribution in [2.45, 2.75) is 19.3 Å². The van der Waals surface area contributed by atoms with Crippen LogP contribution in [-0.4, -0.2) is 32.5 Å². The van der Waals surface area contributed by atoms with Crippen molar-refractivity contribution >= 4 is 23.4 Å². The van der Waals surface area contributed by atoms with E-state index in [9.17, 15) is 0 Å². The third-order valence-electron chi connectivity index (χ3n) is 4.25. The molecule has 1 N–H and O–H groups in total. The first-order valence-corrected chi connectivity index (χ1v) is 8.56. The number of aryl methyl sites for hydroxylation is 1. The Morgan fingerprint density at radius 1 is 0.962 bits per heavy atom. The van der Waals surface area contributed by atoms with Gasteiger partial charge in [-0.25, -0.2) is 0 Å². The van der Waals surface area contributed by atoms with Gasteiger partial charge in [-0.05, 0) is 44.0 Å². The van der Waals surface area contributed by atoms with Crippen LogP contribution in [0, 0.1) is 0 Å². The summed E-state index contributed by atoms with van der Waals surface area (Å²) in [6, 6.07) is 14.3. The number of hydrogen-bond donors (Lipinski definition) is 1. The minimum atomic E-state index is 0. The smallest absolute Gasteiger partial charge is 0.171 e. The highest BCUT2D eigenvalue weighted by molar-refractivity contribution is 5.85. The number of benzene rings is 2. The van der Waals surface area contributed by atoms with E-state index in [4.69, 9.17) is 14.0 Å². The molecule has 3 rings (SSSR count). The highest BCUT2D eigenvalue weighted by Crippen LogP contribution is 2.33. The summed E-state index contributed by atoms with van der Waals surface area (Å²) in [5.74, 6) is 1.35. The maximum absolute atomic E-state index is 5.42. The summed E-state index contributed by atoms with van der Waals surface area (Å²) in [5.41, 5.74) is 3.05. The molecule has 5 nitrogen and oxygen atoms in total. The summed E-state index contributed by atoms with van der Waals surface area (Å²) in [5, 5.41) is 8.67. The molecule has 0 saturated heterocycles. The second kappa shape index (κ2) is 10.0. The van der Waals surface area contributed by atoms with Gasteiger partial charge < -0.3 is 19.3 Å². The molecule has 3 aromatic rings. The molecule has 0 aliphatic heterocycles. The van der Waals surface area contributed by atoms with E-state index in [1.54, 1.807) is 14.2 Å². The Bertz CT molecular complexity index is 805. The van der Waals surface area contributed by atoms with Crippen LogP contribution in [0.25, 0.3) is 11.0 Å². The molecular formula is C20H25ClN2O3. The van der Waals surface area contributed by atoms with E-state index < -0.39 is 0 Å². The van der Waals surface area contributed by atoms with Crippen molar-refractivity contribution in [3.63, 3.8) is 0 Å². The maximum Gasteiger partial charge on any atom is 0.171 e. The van der Waals surface area contributed by atoms with E-state index in [2.05, 4.69) is 34.7 Å². The Balaban J connectivity index is 0.00000243. The summed E-state index contributed by atoms with van der Waals surface area (Å²) < 4.78 is 16.1. The second-order valence-electron chi connectivity index (χ2n) is 5.92. The van der Waals surface area contributed by atoms with Gasteiger partial charge in [0.1, 0.15) is 0 Å². The van der Waals surface area contributed by atoms with Crippen LogP contribution >= 0.6 is 12.4 Å². The fraction of sp³-hybridized carbons (Fsp3) is 0.350. The standard InChI is InChI=1S/C20H24N2O3.ClH/c1-23-19-13-16-17(22-25-18(16)14-20(19)24-2)9-6-11-21-12-10-15-7-4-3-5-8-15;/h3-5,7-8,13-14,21H,6,9-12H2,1-2H3;1H. The van der Waals surface area contributed by atoms with Crippen LogP contribution < -0.4 is 14.8 Å². The van der Waals surface area contributed by atoms with E-state index in [0.29, 0.717) is 11.5 Å². The third-order valence-corrected chi connectivity index (χ3v) is 4.25. The van der Waals surface area contributed by atoms with Crippen molar-refractivity contribution < 1.29 is 14.0 Å². The first-order chi connectivity index (χ1) is 12.3. The van der Waals surface area contributed by atoms with E-state index >= 15 is 0 Å². The lowest BCUT2D eigenvalue weighted by Crippen LogP contribution is -2.19. The highest BCUT2D eigenvalue weighted by atomic mass is 35.5. The quantitative estimate of drug-likeness (QED) is 0.571. The summed E-state index contributed by atoms with van der Waals surface area (Å²) >= 11 is 0. The van der Waals surface area contributed by atoms with Gasteiger partial charge in [0.15, 0.2) is 17.1 Å². The fourth-order valence-electron chi connectivity index (χ4n) is 2.88. The summed E-state index contributed by atoms with van der Waals surface area (Å²) in [6.45, 7) is 1.93. The van der Waals surface area contributed by atoms with Crippen LogP contribution in [0.15, 0.2) is 47.0 Å². The molecule has 0 aliphatic rings. The molecule has 1 heterocycles. The molecule has 0 saturated carbocycles. The Morgan fingerprint density at radius 2 is 1.69 bits per heavy atom. The largest absolute Gasteiger partial charge is 0.493 e. The van der Waals surface area contributed by atoms with Crippen LogP contribution in [0.5, 0.6) is 11.5 Å². The molecule has 0 bridgehead atoms. The topological polar surface area (TPSA) is 56.5 Å². The Hall–Kier alpha value is -2.24. The Labute approximate surface area is 160 Å². The summed E-state index contributed by atoms with van der Waals surface area (Å²) in [7, 11) is 3.25. The molecule has 2 aromatic carbocycles. The van der Waals surface area contributed by atoms with Gasteiger partial charge in [-0.3, -0.25) is 0 Å². The number of aromatic nitrogens is 1. The van der Waals surface area contributed by atoms with E-state index in [0.717, 1.165) is 49.0 Å². The van der Waals surface area contributed by atoms with Crippen LogP contribution in [-0.2, 0) is 12.8 Å². The van der Waals surface area contributed by atoms with Gasteiger partial charge in [0.2, 0.25) is 0 Å². The lowest BCUT2D eigenvalue weighted by molar-refractivity contribution is 0.354. The first-order valence-electron chi connectivity index (χ1n) is 8.56. The number of hydrogen-bond acceptors (Lipinski definition) is 5. The number of rotatable bonds is 9. The van der Waals surface area contributed by atoms with Crippen LogP contribution in [0.4, 0.5) is 0 Å². The number of nitrogens with zero attached hydrogens (tertiary/aromatic N) is 1. The Morgan fingerprint density at radius 3 is 2.42 bits per heavy atom. The molecule has 0 spiro atoms. The summed E-state index contributed by atoms with van der Waals surface area (Å²) in [4.78, 5) is 0. The number of nitrogens with one attached hydrogen (secondary N) is 1. The van der Waals surface area contributed by atoms with Crippen molar-refractivity contribution in [2.75, 3.05) is 27.3 Å². The Kier molecular flexibility index (Phi) is 7.75. The van der Waals surface area contributed by atoms with Crippen LogP contribution in [0.2, 0.25) is 0 Å². The van der Waals surface area contributed by atoms with Crippen LogP contribution in [0.3, 0.4) is 0 Å². The molecule has 140 valence electrons. The second-order valence-corrected chi connectivity index (χ2v) is 5.92. The zero-order valence-electron chi connectivity index (χ0n) is 15.2. The van der Waals surface area contributed by atoms with E-state index in [1.807, 2.05) is 18.2 Å². The first kappa shape index (κ1) is 20.1. The molecule has 0 unspecified atom stereocenters. The lowest BCUT2D eigenvalue weighted by Gasteiger charge is -2.07. The van der Waals surface area contributed by atoms with Crippen molar-refractivity contribution in [3.8, 4) is 11.5 Å². The molecule has 0 amide bonds. The fourth-order valence-corrected chi connectivity index (χ4v) is 2.88. The zero-order chi connectivity index (χ0) is 17.5. The zero-order valence-corrected chi connectivity index (χ0v) is 16.0. The van der Waals surface area contributed by atoms with E-state index in [-0.39, 0.29) is 12.4 Å². The van der Waals surface area contributed by atoms with Gasteiger partial charge in [-0.1, -0.05) is 35.5 Å². The highest BCUT2D eigenvalue weighted by Gasteiger charge is 2.13. The average molecular weight is 377 g/mol. The molecule has 0 aliphatic carbocycles.